The van der Waals surface area contributed by atoms with Gasteiger partial charge < -0.3 is 4.90 Å². The van der Waals surface area contributed by atoms with Crippen LogP contribution in [-0.4, -0.2) is 0 Å². The average Bonchev–Trinajstić information content (AvgIpc) is 3.42. The van der Waals surface area contributed by atoms with Crippen LogP contribution >= 0.6 is 11.3 Å². The lowest BCUT2D eigenvalue weighted by Gasteiger charge is -2.28. The van der Waals surface area contributed by atoms with Crippen LogP contribution < -0.4 is 4.90 Å². The third kappa shape index (κ3) is 4.34. The van der Waals surface area contributed by atoms with Crippen molar-refractivity contribution in [1.29, 1.82) is 0 Å². The number of thiophene rings is 1. The highest BCUT2D eigenvalue weighted by Crippen LogP contribution is 2.43. The van der Waals surface area contributed by atoms with E-state index >= 15 is 0 Å². The highest BCUT2D eigenvalue weighted by Gasteiger charge is 2.18. The van der Waals surface area contributed by atoms with E-state index in [1.165, 1.54) is 53.2 Å². The largest absolute Gasteiger partial charge is 0.310 e. The van der Waals surface area contributed by atoms with E-state index < -0.39 is 0 Å². The maximum Gasteiger partial charge on any atom is 0.0540 e. The Kier molecular flexibility index (Phi) is 6.05. The molecule has 0 aliphatic rings. The van der Waals surface area contributed by atoms with Crippen LogP contribution in [0.4, 0.5) is 17.1 Å². The van der Waals surface area contributed by atoms with Crippen LogP contribution in [0.15, 0.2) is 164 Å². The van der Waals surface area contributed by atoms with Crippen molar-refractivity contribution >= 4 is 59.3 Å². The summed E-state index contributed by atoms with van der Waals surface area (Å²) in [5.74, 6) is 0. The number of fused-ring (bicyclic) bond motifs is 4. The summed E-state index contributed by atoms with van der Waals surface area (Å²) in [6, 6.07) is 59.2. The van der Waals surface area contributed by atoms with Gasteiger partial charge in [0.05, 0.1) is 5.69 Å². The zero-order chi connectivity index (χ0) is 27.9. The van der Waals surface area contributed by atoms with E-state index in [0.29, 0.717) is 0 Å². The Hall–Kier alpha value is -5.18. The van der Waals surface area contributed by atoms with Crippen molar-refractivity contribution in [1.82, 2.24) is 0 Å². The summed E-state index contributed by atoms with van der Waals surface area (Å²) in [6.45, 7) is 0. The summed E-state index contributed by atoms with van der Waals surface area (Å²) in [5, 5.41) is 5.15. The molecule has 0 spiro atoms. The van der Waals surface area contributed by atoms with Gasteiger partial charge in [0.1, 0.15) is 0 Å². The zero-order valence-corrected chi connectivity index (χ0v) is 23.8. The first-order valence-electron chi connectivity index (χ1n) is 14.3. The van der Waals surface area contributed by atoms with Gasteiger partial charge in [0.15, 0.2) is 0 Å². The van der Waals surface area contributed by atoms with E-state index in [0.717, 1.165) is 17.1 Å². The van der Waals surface area contributed by atoms with Crippen molar-refractivity contribution < 1.29 is 0 Å². The predicted molar refractivity (Wildman–Crippen MR) is 182 cm³/mol. The Morgan fingerprint density at radius 3 is 1.83 bits per heavy atom. The van der Waals surface area contributed by atoms with Crippen LogP contribution in [0.1, 0.15) is 0 Å². The normalized spacial score (nSPS) is 11.3. The molecule has 0 fully saturated rings. The molecular weight excluding hydrogens is 527 g/mol. The average molecular weight is 554 g/mol. The lowest BCUT2D eigenvalue weighted by Crippen LogP contribution is -2.11. The third-order valence-corrected chi connectivity index (χ3v) is 9.17. The molecule has 1 heterocycles. The second-order valence-electron chi connectivity index (χ2n) is 10.6. The molecule has 0 saturated carbocycles. The molecule has 0 amide bonds. The molecule has 0 atom stereocenters. The zero-order valence-electron chi connectivity index (χ0n) is 22.9. The number of para-hydroxylation sites is 1. The minimum atomic E-state index is 1.12. The van der Waals surface area contributed by atoms with Crippen molar-refractivity contribution in [3.63, 3.8) is 0 Å². The molecule has 7 aromatic carbocycles. The maximum absolute atomic E-state index is 2.40. The third-order valence-electron chi connectivity index (χ3n) is 8.04. The van der Waals surface area contributed by atoms with Crippen molar-refractivity contribution in [3.8, 4) is 22.3 Å². The Morgan fingerprint density at radius 1 is 0.381 bits per heavy atom. The number of anilines is 3. The van der Waals surface area contributed by atoms with E-state index in [-0.39, 0.29) is 0 Å². The van der Waals surface area contributed by atoms with Gasteiger partial charge in [-0.25, -0.2) is 0 Å². The summed E-state index contributed by atoms with van der Waals surface area (Å²) in [7, 11) is 0. The van der Waals surface area contributed by atoms with Crippen LogP contribution in [0, 0.1) is 0 Å². The van der Waals surface area contributed by atoms with Gasteiger partial charge >= 0.3 is 0 Å². The van der Waals surface area contributed by atoms with E-state index in [2.05, 4.69) is 169 Å². The van der Waals surface area contributed by atoms with Crippen LogP contribution in [0.5, 0.6) is 0 Å². The summed E-state index contributed by atoms with van der Waals surface area (Å²) in [4.78, 5) is 2.40. The van der Waals surface area contributed by atoms with Crippen LogP contribution in [0.25, 0.3) is 53.2 Å². The first-order chi connectivity index (χ1) is 20.8. The smallest absolute Gasteiger partial charge is 0.0540 e. The summed E-state index contributed by atoms with van der Waals surface area (Å²) >= 11 is 1.87. The second kappa shape index (κ2) is 10.3. The highest BCUT2D eigenvalue weighted by molar-refractivity contribution is 7.25. The number of hydrogen-bond donors (Lipinski definition) is 0. The molecule has 0 bridgehead atoms. The summed E-state index contributed by atoms with van der Waals surface area (Å²) < 4.78 is 2.67. The molecule has 0 aliphatic heterocycles. The molecule has 0 aliphatic carbocycles. The molecule has 8 aromatic rings. The molecule has 1 aromatic heterocycles. The van der Waals surface area contributed by atoms with Gasteiger partial charge in [-0.3, -0.25) is 0 Å². The molecule has 0 saturated heterocycles. The minimum absolute atomic E-state index is 1.12. The fraction of sp³-hybridized carbons (Fsp3) is 0. The molecule has 1 nitrogen and oxygen atoms in total. The van der Waals surface area contributed by atoms with Gasteiger partial charge in [-0.15, -0.1) is 11.3 Å². The van der Waals surface area contributed by atoms with Gasteiger partial charge in [-0.1, -0.05) is 115 Å². The quantitative estimate of drug-likeness (QED) is 0.205. The Morgan fingerprint density at radius 2 is 1.02 bits per heavy atom. The first-order valence-corrected chi connectivity index (χ1v) is 15.1. The maximum atomic E-state index is 2.40. The lowest BCUT2D eigenvalue weighted by atomic mass is 10.00. The van der Waals surface area contributed by atoms with Crippen LogP contribution in [0.3, 0.4) is 0 Å². The highest BCUT2D eigenvalue weighted by atomic mass is 32.1. The van der Waals surface area contributed by atoms with Gasteiger partial charge in [0, 0.05) is 37.1 Å². The summed E-state index contributed by atoms with van der Waals surface area (Å²) in [6.07, 6.45) is 0. The van der Waals surface area contributed by atoms with Crippen LogP contribution in [0.2, 0.25) is 0 Å². The lowest BCUT2D eigenvalue weighted by molar-refractivity contribution is 1.29. The molecule has 0 N–H and O–H groups in total. The number of hydrogen-bond acceptors (Lipinski definition) is 2. The first kappa shape index (κ1) is 24.6. The fourth-order valence-corrected chi connectivity index (χ4v) is 7.12. The number of benzene rings is 7. The molecule has 198 valence electrons. The molecule has 0 unspecified atom stereocenters. The van der Waals surface area contributed by atoms with Gasteiger partial charge in [-0.2, -0.15) is 0 Å². The van der Waals surface area contributed by atoms with Crippen molar-refractivity contribution in [2.75, 3.05) is 4.90 Å². The Labute approximate surface area is 249 Å². The minimum Gasteiger partial charge on any atom is -0.310 e. The molecular formula is C40H27NS. The second-order valence-corrected chi connectivity index (χ2v) is 11.7. The van der Waals surface area contributed by atoms with Crippen molar-refractivity contribution in [2.24, 2.45) is 0 Å². The van der Waals surface area contributed by atoms with Crippen LogP contribution in [-0.2, 0) is 0 Å². The molecule has 42 heavy (non-hydrogen) atoms. The fourth-order valence-electron chi connectivity index (χ4n) is 5.99. The Balaban J connectivity index is 1.32. The predicted octanol–water partition coefficient (Wildman–Crippen LogP) is 12.0. The van der Waals surface area contributed by atoms with Gasteiger partial charge in [0.25, 0.3) is 0 Å². The standard InChI is InChI=1S/C40H27NS/c1-3-11-28(12-4-1)29-19-22-33(23-20-29)41(38-17-9-7-15-35(38)30-13-5-2-6-14-30)34-24-21-31-27-40-37(26-32(31)25-34)36-16-8-10-18-39(36)42-40/h1-27H. The van der Waals surface area contributed by atoms with E-state index in [1.54, 1.807) is 0 Å². The monoisotopic (exact) mass is 553 g/mol. The topological polar surface area (TPSA) is 3.24 Å². The molecule has 8 rings (SSSR count). The van der Waals surface area contributed by atoms with E-state index in [4.69, 9.17) is 0 Å². The number of nitrogens with zero attached hydrogens (tertiary/aromatic N) is 1. The number of rotatable bonds is 5. The SMILES string of the molecule is c1ccc(-c2ccc(N(c3ccc4cc5sc6ccccc6c5cc4c3)c3ccccc3-c3ccccc3)cc2)cc1. The van der Waals surface area contributed by atoms with Crippen molar-refractivity contribution in [2.45, 2.75) is 0 Å². The molecule has 0 radical (unpaired) electrons. The molecule has 2 heteroatoms. The van der Waals surface area contributed by atoms with Crippen molar-refractivity contribution in [3.05, 3.63) is 164 Å². The van der Waals surface area contributed by atoms with Gasteiger partial charge in [-0.05, 0) is 76.0 Å². The van der Waals surface area contributed by atoms with E-state index in [9.17, 15) is 0 Å². The van der Waals surface area contributed by atoms with E-state index in [1.807, 2.05) is 11.3 Å². The van der Waals surface area contributed by atoms with Gasteiger partial charge in [0.2, 0.25) is 0 Å². The summed E-state index contributed by atoms with van der Waals surface area (Å²) in [5.41, 5.74) is 8.24. The Bertz CT molecular complexity index is 2180.